The fourth-order valence-corrected chi connectivity index (χ4v) is 3.26. The highest BCUT2D eigenvalue weighted by atomic mass is 127. The van der Waals surface area contributed by atoms with Gasteiger partial charge in [0.2, 0.25) is 0 Å². The van der Waals surface area contributed by atoms with Crippen LogP contribution < -0.4 is 10.1 Å². The number of nitrogens with zero attached hydrogens (tertiary/aromatic N) is 1. The van der Waals surface area contributed by atoms with Crippen molar-refractivity contribution >= 4 is 51.9 Å². The molecule has 0 radical (unpaired) electrons. The Kier molecular flexibility index (Phi) is 7.28. The van der Waals surface area contributed by atoms with Crippen molar-refractivity contribution in [2.45, 2.75) is 6.61 Å². The van der Waals surface area contributed by atoms with Gasteiger partial charge in [-0.2, -0.15) is 5.26 Å². The Morgan fingerprint density at radius 2 is 1.86 bits per heavy atom. The molecule has 0 bridgehead atoms. The van der Waals surface area contributed by atoms with Crippen LogP contribution >= 0.6 is 34.2 Å². The Balaban J connectivity index is 1.66. The average Bonchev–Trinajstić information content (AvgIpc) is 2.73. The van der Waals surface area contributed by atoms with E-state index in [1.54, 1.807) is 36.4 Å². The van der Waals surface area contributed by atoms with Crippen molar-refractivity contribution in [3.63, 3.8) is 0 Å². The van der Waals surface area contributed by atoms with Gasteiger partial charge in [-0.1, -0.05) is 48.0 Å². The van der Waals surface area contributed by atoms with Gasteiger partial charge >= 0.3 is 0 Å². The van der Waals surface area contributed by atoms with Gasteiger partial charge < -0.3 is 10.1 Å². The maximum Gasteiger partial charge on any atom is 0.266 e. The molecule has 0 saturated carbocycles. The summed E-state index contributed by atoms with van der Waals surface area (Å²) in [6, 6.07) is 24.0. The van der Waals surface area contributed by atoms with Crippen LogP contribution in [0.15, 0.2) is 78.4 Å². The lowest BCUT2D eigenvalue weighted by Crippen LogP contribution is -2.14. The van der Waals surface area contributed by atoms with Gasteiger partial charge in [-0.25, -0.2) is 0 Å². The second kappa shape index (κ2) is 10.1. The number of hydrogen-bond acceptors (Lipinski definition) is 3. The summed E-state index contributed by atoms with van der Waals surface area (Å²) in [6.07, 6.45) is 1.55. The number of ether oxygens (including phenoxy) is 1. The normalized spacial score (nSPS) is 10.9. The van der Waals surface area contributed by atoms with Crippen molar-refractivity contribution < 1.29 is 9.53 Å². The number of benzene rings is 3. The number of amides is 1. The third kappa shape index (κ3) is 6.08. The van der Waals surface area contributed by atoms with Gasteiger partial charge in [-0.3, -0.25) is 4.79 Å². The highest BCUT2D eigenvalue weighted by Gasteiger charge is 2.11. The fourth-order valence-electron chi connectivity index (χ4n) is 2.52. The molecule has 6 heteroatoms. The quantitative estimate of drug-likeness (QED) is 0.247. The smallest absolute Gasteiger partial charge is 0.266 e. The standard InChI is InChI=1S/C23H16ClIN2O2/c24-19-5-3-4-17(13-19)15-29-20-10-8-16(9-11-20)12-18(14-26)23(28)27-22-7-2-1-6-21(22)25/h1-13H,15H2,(H,27,28)/b18-12-. The van der Waals surface area contributed by atoms with Crippen molar-refractivity contribution in [3.8, 4) is 11.8 Å². The van der Waals surface area contributed by atoms with Gasteiger partial charge in [-0.15, -0.1) is 0 Å². The minimum atomic E-state index is -0.446. The largest absolute Gasteiger partial charge is 0.489 e. The highest BCUT2D eigenvalue weighted by molar-refractivity contribution is 14.1. The Morgan fingerprint density at radius 1 is 1.10 bits per heavy atom. The second-order valence-corrected chi connectivity index (χ2v) is 7.69. The SMILES string of the molecule is N#C/C(=C/c1ccc(OCc2cccc(Cl)c2)cc1)C(=O)Nc1ccccc1I. The molecule has 0 aromatic heterocycles. The summed E-state index contributed by atoms with van der Waals surface area (Å²) in [5.74, 6) is 0.238. The molecule has 1 amide bonds. The number of nitriles is 1. The molecule has 0 aliphatic carbocycles. The first-order valence-corrected chi connectivity index (χ1v) is 10.2. The maximum absolute atomic E-state index is 12.4. The van der Waals surface area contributed by atoms with E-state index in [9.17, 15) is 10.1 Å². The first-order chi connectivity index (χ1) is 14.0. The lowest BCUT2D eigenvalue weighted by atomic mass is 10.1. The first-order valence-electron chi connectivity index (χ1n) is 8.70. The molecule has 0 atom stereocenters. The molecule has 0 heterocycles. The monoisotopic (exact) mass is 514 g/mol. The van der Waals surface area contributed by atoms with Crippen LogP contribution in [0.2, 0.25) is 5.02 Å². The zero-order chi connectivity index (χ0) is 20.6. The van der Waals surface area contributed by atoms with Gasteiger partial charge in [0.05, 0.1) is 5.69 Å². The summed E-state index contributed by atoms with van der Waals surface area (Å²) < 4.78 is 6.65. The van der Waals surface area contributed by atoms with E-state index in [1.165, 1.54) is 0 Å². The molecule has 3 aromatic carbocycles. The molecule has 3 rings (SSSR count). The van der Waals surface area contributed by atoms with E-state index in [2.05, 4.69) is 27.9 Å². The molecule has 29 heavy (non-hydrogen) atoms. The van der Waals surface area contributed by atoms with E-state index in [4.69, 9.17) is 16.3 Å². The predicted molar refractivity (Wildman–Crippen MR) is 124 cm³/mol. The number of halogens is 2. The molecule has 3 aromatic rings. The minimum absolute atomic E-state index is 0.0252. The number of anilines is 1. The third-order valence-corrected chi connectivity index (χ3v) is 5.15. The summed E-state index contributed by atoms with van der Waals surface area (Å²) in [7, 11) is 0. The Hall–Kier alpha value is -2.82. The molecule has 0 fully saturated rings. The molecule has 1 N–H and O–H groups in total. The zero-order valence-corrected chi connectivity index (χ0v) is 18.1. The molecule has 4 nitrogen and oxygen atoms in total. The Bertz CT molecular complexity index is 1090. The molecule has 0 saturated heterocycles. The lowest BCUT2D eigenvalue weighted by Gasteiger charge is -2.08. The third-order valence-electron chi connectivity index (χ3n) is 3.97. The molecule has 0 aliphatic rings. The van der Waals surface area contributed by atoms with Crippen LogP contribution in [0.5, 0.6) is 5.75 Å². The van der Waals surface area contributed by atoms with Crippen LogP contribution in [0.1, 0.15) is 11.1 Å². The summed E-state index contributed by atoms with van der Waals surface area (Å²) in [6.45, 7) is 0.400. The highest BCUT2D eigenvalue weighted by Crippen LogP contribution is 2.20. The van der Waals surface area contributed by atoms with Crippen molar-refractivity contribution in [1.29, 1.82) is 5.26 Å². The van der Waals surface area contributed by atoms with Crippen LogP contribution in [0.25, 0.3) is 6.08 Å². The maximum atomic E-state index is 12.4. The minimum Gasteiger partial charge on any atom is -0.489 e. The number of rotatable bonds is 6. The Labute approximate surface area is 187 Å². The van der Waals surface area contributed by atoms with E-state index in [0.717, 1.165) is 14.7 Å². The van der Waals surface area contributed by atoms with Gasteiger partial charge in [0.15, 0.2) is 0 Å². The van der Waals surface area contributed by atoms with Crippen molar-refractivity contribution in [3.05, 3.63) is 98.1 Å². The second-order valence-electron chi connectivity index (χ2n) is 6.09. The molecule has 0 spiro atoms. The van der Waals surface area contributed by atoms with Gasteiger partial charge in [0, 0.05) is 8.59 Å². The van der Waals surface area contributed by atoms with Crippen LogP contribution in [-0.2, 0) is 11.4 Å². The summed E-state index contributed by atoms with van der Waals surface area (Å²) in [4.78, 5) is 12.4. The van der Waals surface area contributed by atoms with E-state index in [-0.39, 0.29) is 5.57 Å². The fraction of sp³-hybridized carbons (Fsp3) is 0.0435. The topological polar surface area (TPSA) is 62.1 Å². The molecule has 0 unspecified atom stereocenters. The lowest BCUT2D eigenvalue weighted by molar-refractivity contribution is -0.112. The van der Waals surface area contributed by atoms with Crippen molar-refractivity contribution in [2.75, 3.05) is 5.32 Å². The van der Waals surface area contributed by atoms with E-state index in [0.29, 0.717) is 23.1 Å². The summed E-state index contributed by atoms with van der Waals surface area (Å²) in [5.41, 5.74) is 2.40. The van der Waals surface area contributed by atoms with Gasteiger partial charge in [-0.05, 0) is 76.2 Å². The molecule has 144 valence electrons. The zero-order valence-electron chi connectivity index (χ0n) is 15.2. The number of para-hydroxylation sites is 1. The van der Waals surface area contributed by atoms with Gasteiger partial charge in [0.25, 0.3) is 5.91 Å². The van der Waals surface area contributed by atoms with E-state index >= 15 is 0 Å². The first kappa shape index (κ1) is 20.9. The van der Waals surface area contributed by atoms with Crippen molar-refractivity contribution in [2.24, 2.45) is 0 Å². The molecular weight excluding hydrogens is 499 g/mol. The van der Waals surface area contributed by atoms with Crippen LogP contribution in [0, 0.1) is 14.9 Å². The average molecular weight is 515 g/mol. The van der Waals surface area contributed by atoms with Crippen molar-refractivity contribution in [1.82, 2.24) is 0 Å². The van der Waals surface area contributed by atoms with Crippen LogP contribution in [-0.4, -0.2) is 5.91 Å². The number of hydrogen-bond donors (Lipinski definition) is 1. The van der Waals surface area contributed by atoms with Crippen LogP contribution in [0.3, 0.4) is 0 Å². The predicted octanol–water partition coefficient (Wildman–Crippen LogP) is 6.07. The number of carbonyl (C=O) groups is 1. The Morgan fingerprint density at radius 3 is 2.55 bits per heavy atom. The molecule has 0 aliphatic heterocycles. The van der Waals surface area contributed by atoms with E-state index in [1.807, 2.05) is 48.5 Å². The molecular formula is C23H16ClIN2O2. The number of carbonyl (C=O) groups excluding carboxylic acids is 1. The number of nitrogens with one attached hydrogen (secondary N) is 1. The van der Waals surface area contributed by atoms with Gasteiger partial charge in [0.1, 0.15) is 24.0 Å². The summed E-state index contributed by atoms with van der Waals surface area (Å²) in [5, 5.41) is 12.8. The summed E-state index contributed by atoms with van der Waals surface area (Å²) >= 11 is 8.11. The van der Waals surface area contributed by atoms with E-state index < -0.39 is 5.91 Å². The van der Waals surface area contributed by atoms with Crippen LogP contribution in [0.4, 0.5) is 5.69 Å².